The Bertz CT molecular complexity index is 797. The summed E-state index contributed by atoms with van der Waals surface area (Å²) in [6.07, 6.45) is 16.7. The number of nitrogens with one attached hydrogen (secondary N) is 2. The molecular weight excluding hydrogens is 400 g/mol. The molecule has 0 amide bonds. The number of fused-ring (bicyclic) bond motifs is 5. The minimum absolute atomic E-state index is 0.0572. The largest absolute Gasteiger partial charge is 0.393 e. The second kappa shape index (κ2) is 8.43. The number of rotatable bonds is 3. The lowest BCUT2D eigenvalue weighted by atomic mass is 9.43. The average molecular weight is 443 g/mol. The van der Waals surface area contributed by atoms with Crippen LogP contribution in [0.4, 0.5) is 0 Å². The van der Waals surface area contributed by atoms with Gasteiger partial charge in [0.15, 0.2) is 0 Å². The van der Waals surface area contributed by atoms with Crippen LogP contribution in [-0.2, 0) is 0 Å². The number of aliphatic imine (C=N–C) groups is 1. The Kier molecular flexibility index (Phi) is 5.90. The summed E-state index contributed by atoms with van der Waals surface area (Å²) in [6, 6.07) is 0. The zero-order valence-electron chi connectivity index (χ0n) is 19.9. The Morgan fingerprint density at radius 3 is 2.78 bits per heavy atom. The molecule has 0 spiro atoms. The first-order valence-electron chi connectivity index (χ1n) is 13.0. The zero-order chi connectivity index (χ0) is 22.4. The summed E-state index contributed by atoms with van der Waals surface area (Å²) in [4.78, 5) is 4.37. The predicted molar refractivity (Wildman–Crippen MR) is 128 cm³/mol. The Labute approximate surface area is 193 Å². The fourth-order valence-corrected chi connectivity index (χ4v) is 8.49. The topological polar surface area (TPSA) is 89.2 Å². The van der Waals surface area contributed by atoms with Gasteiger partial charge in [-0.2, -0.15) is 5.10 Å². The molecule has 1 heterocycles. The highest BCUT2D eigenvalue weighted by Gasteiger charge is 2.66. The van der Waals surface area contributed by atoms with Crippen LogP contribution in [0, 0.1) is 34.5 Å². The molecule has 5 rings (SSSR count). The third-order valence-electron chi connectivity index (χ3n) is 10.5. The van der Waals surface area contributed by atoms with Crippen molar-refractivity contribution in [2.75, 3.05) is 13.1 Å². The van der Waals surface area contributed by atoms with E-state index < -0.39 is 5.60 Å². The van der Waals surface area contributed by atoms with Crippen molar-refractivity contribution in [3.63, 3.8) is 0 Å². The summed E-state index contributed by atoms with van der Waals surface area (Å²) in [7, 11) is 0. The van der Waals surface area contributed by atoms with Crippen molar-refractivity contribution < 1.29 is 10.2 Å². The lowest BCUT2D eigenvalue weighted by Gasteiger charge is -2.63. The molecule has 5 aliphatic rings. The molecule has 6 heteroatoms. The number of guanidine groups is 1. The summed E-state index contributed by atoms with van der Waals surface area (Å²) in [5.74, 6) is 2.78. The van der Waals surface area contributed by atoms with E-state index >= 15 is 0 Å². The molecule has 0 saturated heterocycles. The van der Waals surface area contributed by atoms with E-state index in [1.807, 2.05) is 12.3 Å². The molecule has 8 atom stereocenters. The molecule has 4 N–H and O–H groups in total. The Morgan fingerprint density at radius 1 is 1.09 bits per heavy atom. The van der Waals surface area contributed by atoms with Gasteiger partial charge in [-0.25, -0.2) is 5.43 Å². The first kappa shape index (κ1) is 22.4. The maximum atomic E-state index is 12.2. The number of hydrazone groups is 1. The minimum Gasteiger partial charge on any atom is -0.393 e. The maximum Gasteiger partial charge on any atom is 0.212 e. The SMILES string of the molecule is C[C@]12CC[C@H](O)C[C@H]1CC[C@@H]1[C@@H]2CC[C@]2(C)[C@@H](/C=C/C=N/NC3=NCCCN3)CC[C@]12O. The van der Waals surface area contributed by atoms with Crippen molar-refractivity contribution in [2.24, 2.45) is 44.6 Å². The van der Waals surface area contributed by atoms with Crippen molar-refractivity contribution in [1.82, 2.24) is 10.7 Å². The smallest absolute Gasteiger partial charge is 0.212 e. The van der Waals surface area contributed by atoms with Gasteiger partial charge in [-0.1, -0.05) is 19.9 Å². The van der Waals surface area contributed by atoms with Crippen molar-refractivity contribution in [3.8, 4) is 0 Å². The number of nitrogens with zero attached hydrogens (tertiary/aromatic N) is 2. The third kappa shape index (κ3) is 3.53. The Morgan fingerprint density at radius 2 is 1.97 bits per heavy atom. The summed E-state index contributed by atoms with van der Waals surface area (Å²) in [5, 5.41) is 30.0. The zero-order valence-corrected chi connectivity index (χ0v) is 19.9. The van der Waals surface area contributed by atoms with Gasteiger partial charge < -0.3 is 15.5 Å². The van der Waals surface area contributed by atoms with E-state index in [4.69, 9.17) is 0 Å². The van der Waals surface area contributed by atoms with Gasteiger partial charge in [-0.3, -0.25) is 4.99 Å². The number of aliphatic hydroxyl groups excluding tert-OH is 1. The molecule has 0 unspecified atom stereocenters. The molecule has 0 bridgehead atoms. The van der Waals surface area contributed by atoms with Gasteiger partial charge in [0.2, 0.25) is 5.96 Å². The number of hydrogen-bond donors (Lipinski definition) is 4. The van der Waals surface area contributed by atoms with E-state index in [2.05, 4.69) is 40.8 Å². The summed E-state index contributed by atoms with van der Waals surface area (Å²) < 4.78 is 0. The van der Waals surface area contributed by atoms with Gasteiger partial charge in [-0.05, 0) is 99.4 Å². The van der Waals surface area contributed by atoms with Crippen molar-refractivity contribution >= 4 is 12.2 Å². The van der Waals surface area contributed by atoms with Crippen molar-refractivity contribution in [3.05, 3.63) is 12.2 Å². The van der Waals surface area contributed by atoms with Crippen LogP contribution in [0.25, 0.3) is 0 Å². The summed E-state index contributed by atoms with van der Waals surface area (Å²) >= 11 is 0. The molecule has 0 radical (unpaired) electrons. The van der Waals surface area contributed by atoms with Crippen LogP contribution >= 0.6 is 0 Å². The summed E-state index contributed by atoms with van der Waals surface area (Å²) in [5.41, 5.74) is 2.65. The molecule has 32 heavy (non-hydrogen) atoms. The van der Waals surface area contributed by atoms with Crippen LogP contribution in [-0.4, -0.2) is 47.2 Å². The second-order valence-electron chi connectivity index (χ2n) is 11.7. The van der Waals surface area contributed by atoms with E-state index in [-0.39, 0.29) is 11.5 Å². The number of hydrogen-bond acceptors (Lipinski definition) is 6. The fraction of sp³-hybridized carbons (Fsp3) is 0.846. The van der Waals surface area contributed by atoms with Crippen LogP contribution in [0.15, 0.2) is 22.2 Å². The van der Waals surface area contributed by atoms with E-state index in [1.165, 1.54) is 12.8 Å². The first-order valence-corrected chi connectivity index (χ1v) is 13.0. The molecule has 1 aliphatic heterocycles. The standard InChI is InChI=1S/C26H42N4O2/c1-24-11-9-20(31)17-19(24)6-7-22-21(24)10-12-25(2)18(8-13-26(22,25)32)5-3-16-29-30-23-27-14-4-15-28-23/h3,5,16,18-22,31-32H,4,6-15,17H2,1-2H3,(H2,27,28,30)/b5-3+,29-16+/t18-,19+,20-,21-,22+,24-,25+,26-/m0/s1. The number of aliphatic hydroxyl groups is 2. The van der Waals surface area contributed by atoms with Crippen LogP contribution in [0.3, 0.4) is 0 Å². The molecule has 0 aromatic heterocycles. The van der Waals surface area contributed by atoms with Gasteiger partial charge in [0, 0.05) is 24.7 Å². The number of allylic oxidation sites excluding steroid dienone is 2. The fourth-order valence-electron chi connectivity index (χ4n) is 8.49. The molecule has 4 saturated carbocycles. The van der Waals surface area contributed by atoms with Crippen molar-refractivity contribution in [2.45, 2.75) is 89.8 Å². The molecule has 0 aromatic rings. The van der Waals surface area contributed by atoms with E-state index in [9.17, 15) is 10.2 Å². The van der Waals surface area contributed by atoms with Gasteiger partial charge >= 0.3 is 0 Å². The van der Waals surface area contributed by atoms with Crippen LogP contribution in [0.2, 0.25) is 0 Å². The minimum atomic E-state index is -0.564. The van der Waals surface area contributed by atoms with Crippen LogP contribution in [0.1, 0.15) is 78.1 Å². The molecular formula is C26H42N4O2. The molecule has 178 valence electrons. The Hall–Kier alpha value is -1.40. The predicted octanol–water partition coefficient (Wildman–Crippen LogP) is 3.60. The van der Waals surface area contributed by atoms with Crippen LogP contribution < -0.4 is 10.7 Å². The quantitative estimate of drug-likeness (QED) is 0.397. The van der Waals surface area contributed by atoms with Gasteiger partial charge in [-0.15, -0.1) is 0 Å². The highest BCUT2D eigenvalue weighted by molar-refractivity contribution is 5.81. The lowest BCUT2D eigenvalue weighted by Crippen LogP contribution is -2.62. The van der Waals surface area contributed by atoms with Gasteiger partial charge in [0.05, 0.1) is 11.7 Å². The lowest BCUT2D eigenvalue weighted by molar-refractivity contribution is -0.207. The Balaban J connectivity index is 1.28. The third-order valence-corrected chi connectivity index (χ3v) is 10.5. The van der Waals surface area contributed by atoms with Crippen LogP contribution in [0.5, 0.6) is 0 Å². The molecule has 4 fully saturated rings. The average Bonchev–Trinajstić information content (AvgIpc) is 3.06. The van der Waals surface area contributed by atoms with Crippen molar-refractivity contribution in [1.29, 1.82) is 0 Å². The molecule has 6 nitrogen and oxygen atoms in total. The summed E-state index contributed by atoms with van der Waals surface area (Å²) in [6.45, 7) is 6.62. The normalized spacial score (nSPS) is 48.6. The molecule has 4 aliphatic carbocycles. The highest BCUT2D eigenvalue weighted by atomic mass is 16.3. The second-order valence-corrected chi connectivity index (χ2v) is 11.7. The maximum absolute atomic E-state index is 12.2. The van der Waals surface area contributed by atoms with E-state index in [1.54, 1.807) is 0 Å². The highest BCUT2D eigenvalue weighted by Crippen LogP contribution is 2.69. The van der Waals surface area contributed by atoms with Gasteiger partial charge in [0.1, 0.15) is 0 Å². The monoisotopic (exact) mass is 442 g/mol. The van der Waals surface area contributed by atoms with E-state index in [0.717, 1.165) is 70.4 Å². The van der Waals surface area contributed by atoms with E-state index in [0.29, 0.717) is 29.1 Å². The first-order chi connectivity index (χ1) is 15.4. The molecule has 0 aromatic carbocycles. The van der Waals surface area contributed by atoms with Gasteiger partial charge in [0.25, 0.3) is 0 Å².